The molecule has 21 heavy (non-hydrogen) atoms. The second kappa shape index (κ2) is 5.69. The second-order valence-corrected chi connectivity index (χ2v) is 5.31. The largest absolute Gasteiger partial charge is 0.332 e. The van der Waals surface area contributed by atoms with Crippen molar-refractivity contribution in [3.05, 3.63) is 47.7 Å². The Balaban J connectivity index is 1.83. The highest BCUT2D eigenvalue weighted by Crippen LogP contribution is 2.30. The van der Waals surface area contributed by atoms with Crippen LogP contribution in [-0.2, 0) is 4.79 Å². The van der Waals surface area contributed by atoms with E-state index in [4.69, 9.17) is 11.6 Å². The predicted molar refractivity (Wildman–Crippen MR) is 82.6 cm³/mol. The number of rotatable bonds is 3. The summed E-state index contributed by atoms with van der Waals surface area (Å²) in [5.41, 5.74) is 0.758. The van der Waals surface area contributed by atoms with E-state index in [1.54, 1.807) is 29.4 Å². The Kier molecular flexibility index (Phi) is 3.75. The van der Waals surface area contributed by atoms with E-state index in [2.05, 4.69) is 9.97 Å². The number of nitrogens with zero attached hydrogens (tertiary/aromatic N) is 4. The number of hydrogen-bond acceptors (Lipinski definition) is 4. The number of benzene rings is 1. The average molecular weight is 303 g/mol. The highest BCUT2D eigenvalue weighted by molar-refractivity contribution is 6.34. The molecule has 0 aliphatic carbocycles. The summed E-state index contributed by atoms with van der Waals surface area (Å²) < 4.78 is 0. The molecular weight excluding hydrogens is 288 g/mol. The molecule has 1 saturated heterocycles. The third kappa shape index (κ3) is 2.56. The maximum absolute atomic E-state index is 12.6. The molecule has 3 rings (SSSR count). The van der Waals surface area contributed by atoms with Crippen molar-refractivity contribution in [2.45, 2.75) is 12.5 Å². The van der Waals surface area contributed by atoms with Crippen molar-refractivity contribution in [1.82, 2.24) is 9.97 Å². The van der Waals surface area contributed by atoms with Crippen LogP contribution in [0.4, 0.5) is 11.6 Å². The van der Waals surface area contributed by atoms with Crippen LogP contribution in [0.15, 0.2) is 42.7 Å². The average Bonchev–Trinajstić information content (AvgIpc) is 2.89. The molecule has 0 radical (unpaired) electrons. The molecule has 1 aliphatic heterocycles. The summed E-state index contributed by atoms with van der Waals surface area (Å²) in [6.45, 7) is 0.643. The fourth-order valence-electron chi connectivity index (χ4n) is 2.55. The number of halogens is 1. The van der Waals surface area contributed by atoms with Gasteiger partial charge in [-0.15, -0.1) is 0 Å². The van der Waals surface area contributed by atoms with Crippen LogP contribution in [0.25, 0.3) is 0 Å². The molecule has 6 heteroatoms. The van der Waals surface area contributed by atoms with Crippen molar-refractivity contribution in [2.24, 2.45) is 0 Å². The van der Waals surface area contributed by atoms with Crippen LogP contribution in [0.5, 0.6) is 0 Å². The fraction of sp³-hybridized carbons (Fsp3) is 0.267. The van der Waals surface area contributed by atoms with Crippen LogP contribution in [0, 0.1) is 0 Å². The summed E-state index contributed by atoms with van der Waals surface area (Å²) in [5.74, 6) is 0.579. The lowest BCUT2D eigenvalue weighted by atomic mass is 10.2. The van der Waals surface area contributed by atoms with Crippen LogP contribution < -0.4 is 9.80 Å². The van der Waals surface area contributed by atoms with Gasteiger partial charge in [-0.3, -0.25) is 4.79 Å². The Hall–Kier alpha value is -2.14. The van der Waals surface area contributed by atoms with E-state index < -0.39 is 0 Å². The summed E-state index contributed by atoms with van der Waals surface area (Å²) in [4.78, 5) is 24.6. The number of likely N-dealkylation sites (N-methyl/N-ethyl adjacent to an activating group) is 1. The number of carbonyl (C=O) groups is 1. The minimum Gasteiger partial charge on any atom is -0.332 e. The molecule has 1 aromatic carbocycles. The lowest BCUT2D eigenvalue weighted by molar-refractivity contribution is -0.118. The van der Waals surface area contributed by atoms with E-state index in [0.717, 1.165) is 12.1 Å². The first kappa shape index (κ1) is 13.8. The number of aromatic nitrogens is 2. The van der Waals surface area contributed by atoms with Gasteiger partial charge in [-0.2, -0.15) is 0 Å². The minimum absolute atomic E-state index is 0.0260. The van der Waals surface area contributed by atoms with Gasteiger partial charge in [0.2, 0.25) is 11.9 Å². The van der Waals surface area contributed by atoms with Gasteiger partial charge in [-0.05, 0) is 24.6 Å². The number of anilines is 2. The van der Waals surface area contributed by atoms with Gasteiger partial charge in [-0.25, -0.2) is 9.97 Å². The van der Waals surface area contributed by atoms with E-state index in [1.807, 2.05) is 30.1 Å². The third-order valence-corrected chi connectivity index (χ3v) is 3.98. The second-order valence-electron chi connectivity index (χ2n) is 4.91. The van der Waals surface area contributed by atoms with Crippen molar-refractivity contribution in [2.75, 3.05) is 23.4 Å². The van der Waals surface area contributed by atoms with Gasteiger partial charge in [-0.1, -0.05) is 23.7 Å². The molecule has 108 valence electrons. The standard InChI is InChI=1S/C15H15ClN4O/c1-19(15-17-8-4-9-18-15)13-7-10-20(14(13)21)12-6-3-2-5-11(12)16/h2-6,8-9,13H,7,10H2,1H3. The lowest BCUT2D eigenvalue weighted by Crippen LogP contribution is -2.40. The van der Waals surface area contributed by atoms with E-state index in [-0.39, 0.29) is 11.9 Å². The van der Waals surface area contributed by atoms with Crippen LogP contribution in [-0.4, -0.2) is 35.5 Å². The first-order valence-corrected chi connectivity index (χ1v) is 7.12. The maximum atomic E-state index is 12.6. The number of carbonyl (C=O) groups excluding carboxylic acids is 1. The normalized spacial score (nSPS) is 18.1. The Morgan fingerprint density at radius 3 is 2.67 bits per heavy atom. The zero-order valence-electron chi connectivity index (χ0n) is 11.6. The molecule has 1 amide bonds. The first-order chi connectivity index (χ1) is 10.2. The summed E-state index contributed by atoms with van der Waals surface area (Å²) in [6.07, 6.45) is 4.06. The molecule has 0 bridgehead atoms. The molecule has 1 fully saturated rings. The maximum Gasteiger partial charge on any atom is 0.249 e. The molecule has 1 aromatic heterocycles. The topological polar surface area (TPSA) is 49.3 Å². The Morgan fingerprint density at radius 2 is 1.95 bits per heavy atom. The van der Waals surface area contributed by atoms with Gasteiger partial charge >= 0.3 is 0 Å². The highest BCUT2D eigenvalue weighted by atomic mass is 35.5. The molecule has 1 unspecified atom stereocenters. The van der Waals surface area contributed by atoms with E-state index in [1.165, 1.54) is 0 Å². The smallest absolute Gasteiger partial charge is 0.249 e. The summed E-state index contributed by atoms with van der Waals surface area (Å²) in [7, 11) is 1.84. The monoisotopic (exact) mass is 302 g/mol. The fourth-order valence-corrected chi connectivity index (χ4v) is 2.78. The van der Waals surface area contributed by atoms with Crippen molar-refractivity contribution < 1.29 is 4.79 Å². The molecule has 2 aromatic rings. The van der Waals surface area contributed by atoms with Gasteiger partial charge in [0.05, 0.1) is 10.7 Å². The van der Waals surface area contributed by atoms with Gasteiger partial charge in [0.15, 0.2) is 0 Å². The molecule has 0 saturated carbocycles. The zero-order chi connectivity index (χ0) is 14.8. The lowest BCUT2D eigenvalue weighted by Gasteiger charge is -2.24. The van der Waals surface area contributed by atoms with Gasteiger partial charge in [0.25, 0.3) is 0 Å². The number of hydrogen-bond donors (Lipinski definition) is 0. The van der Waals surface area contributed by atoms with Crippen LogP contribution in [0.1, 0.15) is 6.42 Å². The molecular formula is C15H15ClN4O. The zero-order valence-corrected chi connectivity index (χ0v) is 12.4. The van der Waals surface area contributed by atoms with Crippen LogP contribution in [0.3, 0.4) is 0 Å². The van der Waals surface area contributed by atoms with Crippen LogP contribution in [0.2, 0.25) is 5.02 Å². The van der Waals surface area contributed by atoms with Gasteiger partial charge in [0.1, 0.15) is 6.04 Å². The summed E-state index contributed by atoms with van der Waals surface area (Å²) in [5, 5.41) is 0.588. The Morgan fingerprint density at radius 1 is 1.24 bits per heavy atom. The quantitative estimate of drug-likeness (QED) is 0.873. The van der Waals surface area contributed by atoms with E-state index in [9.17, 15) is 4.79 Å². The highest BCUT2D eigenvalue weighted by Gasteiger charge is 2.36. The first-order valence-electron chi connectivity index (χ1n) is 6.74. The Labute approximate surface area is 128 Å². The summed E-state index contributed by atoms with van der Waals surface area (Å²) >= 11 is 6.18. The number of para-hydroxylation sites is 1. The SMILES string of the molecule is CN(c1ncccn1)C1CCN(c2ccccc2Cl)C1=O. The van der Waals surface area contributed by atoms with Crippen molar-refractivity contribution >= 4 is 29.1 Å². The van der Waals surface area contributed by atoms with E-state index >= 15 is 0 Å². The van der Waals surface area contributed by atoms with Crippen molar-refractivity contribution in [3.63, 3.8) is 0 Å². The molecule has 2 heterocycles. The van der Waals surface area contributed by atoms with Gasteiger partial charge in [0, 0.05) is 26.0 Å². The van der Waals surface area contributed by atoms with E-state index in [0.29, 0.717) is 17.5 Å². The van der Waals surface area contributed by atoms with Gasteiger partial charge < -0.3 is 9.80 Å². The molecule has 0 spiro atoms. The number of amides is 1. The van der Waals surface area contributed by atoms with Crippen molar-refractivity contribution in [1.29, 1.82) is 0 Å². The summed E-state index contributed by atoms with van der Waals surface area (Å²) in [6, 6.07) is 8.88. The van der Waals surface area contributed by atoms with Crippen LogP contribution >= 0.6 is 11.6 Å². The molecule has 1 aliphatic rings. The molecule has 1 atom stereocenters. The predicted octanol–water partition coefficient (Wildman–Crippen LogP) is 2.37. The van der Waals surface area contributed by atoms with Crippen molar-refractivity contribution in [3.8, 4) is 0 Å². The molecule has 0 N–H and O–H groups in total. The minimum atomic E-state index is -0.260. The molecule has 5 nitrogen and oxygen atoms in total. The Bertz CT molecular complexity index is 649. The third-order valence-electron chi connectivity index (χ3n) is 3.66.